The first kappa shape index (κ1) is 27.0. The van der Waals surface area contributed by atoms with Crippen molar-refractivity contribution in [3.05, 3.63) is 106 Å². The zero-order valence-electron chi connectivity index (χ0n) is 23.3. The van der Waals surface area contributed by atoms with E-state index in [1.165, 1.54) is 11.1 Å². The minimum absolute atomic E-state index is 0.0604. The van der Waals surface area contributed by atoms with Crippen molar-refractivity contribution < 1.29 is 4.79 Å². The molecule has 0 saturated heterocycles. The molecule has 5 rings (SSSR count). The van der Waals surface area contributed by atoms with Crippen LogP contribution in [0.25, 0.3) is 44.7 Å². The van der Waals surface area contributed by atoms with Crippen LogP contribution < -0.4 is 0 Å². The topological polar surface area (TPSA) is 42.9 Å². The standard InChI is InChI=1S/C35H33BrN2O/c1-34(2,3)26-15-11-24(12-16-26)30-31(25-13-17-27(18-14-25)35(4,5)6)38-33-29(36)20-19-28(32(33)37-30)23-9-7-22(21-39)8-10-23/h7-21H,1-6H3. The molecule has 196 valence electrons. The lowest BCUT2D eigenvalue weighted by Crippen LogP contribution is -2.10. The molecule has 0 aliphatic rings. The Morgan fingerprint density at radius 1 is 0.564 bits per heavy atom. The van der Waals surface area contributed by atoms with Gasteiger partial charge in [-0.15, -0.1) is 0 Å². The highest BCUT2D eigenvalue weighted by molar-refractivity contribution is 9.10. The Morgan fingerprint density at radius 3 is 1.44 bits per heavy atom. The molecule has 4 aromatic carbocycles. The van der Waals surface area contributed by atoms with Crippen molar-refractivity contribution in [2.24, 2.45) is 0 Å². The molecule has 0 radical (unpaired) electrons. The summed E-state index contributed by atoms with van der Waals surface area (Å²) in [6, 6.07) is 29.0. The first-order valence-corrected chi connectivity index (χ1v) is 14.0. The van der Waals surface area contributed by atoms with Crippen molar-refractivity contribution in [2.45, 2.75) is 52.4 Å². The van der Waals surface area contributed by atoms with Crippen molar-refractivity contribution in [1.82, 2.24) is 9.97 Å². The number of fused-ring (bicyclic) bond motifs is 1. The van der Waals surface area contributed by atoms with Gasteiger partial charge in [0, 0.05) is 26.7 Å². The maximum absolute atomic E-state index is 11.2. The predicted molar refractivity (Wildman–Crippen MR) is 166 cm³/mol. The molecule has 5 aromatic rings. The van der Waals surface area contributed by atoms with Crippen LogP contribution in [0.1, 0.15) is 63.0 Å². The van der Waals surface area contributed by atoms with E-state index in [9.17, 15) is 4.79 Å². The van der Waals surface area contributed by atoms with Gasteiger partial charge in [0.2, 0.25) is 0 Å². The number of rotatable bonds is 4. The van der Waals surface area contributed by atoms with Gasteiger partial charge in [-0.1, -0.05) is 120 Å². The smallest absolute Gasteiger partial charge is 0.150 e. The monoisotopic (exact) mass is 576 g/mol. The molecule has 0 unspecified atom stereocenters. The van der Waals surface area contributed by atoms with Gasteiger partial charge >= 0.3 is 0 Å². The highest BCUT2D eigenvalue weighted by atomic mass is 79.9. The number of nitrogens with zero attached hydrogens (tertiary/aromatic N) is 2. The quantitative estimate of drug-likeness (QED) is 0.200. The summed E-state index contributed by atoms with van der Waals surface area (Å²) in [5, 5.41) is 0. The third-order valence-electron chi connectivity index (χ3n) is 7.18. The fourth-order valence-corrected chi connectivity index (χ4v) is 5.15. The lowest BCUT2D eigenvalue weighted by Gasteiger charge is -2.20. The van der Waals surface area contributed by atoms with Crippen molar-refractivity contribution in [3.8, 4) is 33.6 Å². The van der Waals surface area contributed by atoms with Crippen LogP contribution in [0.4, 0.5) is 0 Å². The molecule has 1 aromatic heterocycles. The zero-order valence-corrected chi connectivity index (χ0v) is 24.9. The molecule has 3 nitrogen and oxygen atoms in total. The Morgan fingerprint density at radius 2 is 1.00 bits per heavy atom. The SMILES string of the molecule is CC(C)(C)c1ccc(-c2nc3c(Br)ccc(-c4ccc(C=O)cc4)c3nc2-c2ccc(C(C)(C)C)cc2)cc1. The summed E-state index contributed by atoms with van der Waals surface area (Å²) in [6.45, 7) is 13.3. The summed E-state index contributed by atoms with van der Waals surface area (Å²) in [5.74, 6) is 0. The second kappa shape index (κ2) is 10.2. The van der Waals surface area contributed by atoms with Gasteiger partial charge in [0.05, 0.1) is 16.9 Å². The van der Waals surface area contributed by atoms with Crippen LogP contribution in [0.15, 0.2) is 89.4 Å². The van der Waals surface area contributed by atoms with Gasteiger partial charge in [0.1, 0.15) is 11.8 Å². The number of aldehydes is 1. The minimum atomic E-state index is 0.0604. The highest BCUT2D eigenvalue weighted by Gasteiger charge is 2.20. The summed E-state index contributed by atoms with van der Waals surface area (Å²) < 4.78 is 0.889. The van der Waals surface area contributed by atoms with Crippen molar-refractivity contribution >= 4 is 33.2 Å². The number of halogens is 1. The molecule has 0 spiro atoms. The van der Waals surface area contributed by atoms with Gasteiger partial charge in [0.25, 0.3) is 0 Å². The van der Waals surface area contributed by atoms with Gasteiger partial charge in [-0.25, -0.2) is 9.97 Å². The molecule has 1 heterocycles. The van der Waals surface area contributed by atoms with Crippen molar-refractivity contribution in [1.29, 1.82) is 0 Å². The lowest BCUT2D eigenvalue weighted by atomic mass is 9.85. The summed E-state index contributed by atoms with van der Waals surface area (Å²) in [4.78, 5) is 21.8. The second-order valence-electron chi connectivity index (χ2n) is 12.1. The van der Waals surface area contributed by atoms with Gasteiger partial charge in [-0.3, -0.25) is 4.79 Å². The predicted octanol–water partition coefficient (Wildman–Crippen LogP) is 9.80. The van der Waals surface area contributed by atoms with Crippen LogP contribution in [-0.2, 0) is 10.8 Å². The maximum atomic E-state index is 11.2. The Labute approximate surface area is 239 Å². The molecular formula is C35H33BrN2O. The van der Waals surface area contributed by atoms with Gasteiger partial charge in [-0.2, -0.15) is 0 Å². The van der Waals surface area contributed by atoms with E-state index >= 15 is 0 Å². The molecule has 4 heteroatoms. The van der Waals surface area contributed by atoms with Crippen LogP contribution in [0.5, 0.6) is 0 Å². The number of benzene rings is 4. The Hall–Kier alpha value is -3.63. The van der Waals surface area contributed by atoms with Crippen molar-refractivity contribution in [3.63, 3.8) is 0 Å². The second-order valence-corrected chi connectivity index (χ2v) is 13.0. The Balaban J connectivity index is 1.77. The summed E-state index contributed by atoms with van der Waals surface area (Å²) in [7, 11) is 0. The number of hydrogen-bond acceptors (Lipinski definition) is 3. The molecular weight excluding hydrogens is 544 g/mol. The molecule has 0 fully saturated rings. The van der Waals surface area contributed by atoms with Gasteiger partial charge in [-0.05, 0) is 49.5 Å². The molecule has 0 bridgehead atoms. The third kappa shape index (κ3) is 5.44. The van der Waals surface area contributed by atoms with Gasteiger partial charge in [0.15, 0.2) is 0 Å². The molecule has 0 saturated carbocycles. The van der Waals surface area contributed by atoms with E-state index in [2.05, 4.69) is 112 Å². The summed E-state index contributed by atoms with van der Waals surface area (Å²) >= 11 is 3.73. The minimum Gasteiger partial charge on any atom is -0.298 e. The fraction of sp³-hybridized carbons (Fsp3) is 0.229. The highest BCUT2D eigenvalue weighted by Crippen LogP contribution is 2.38. The van der Waals surface area contributed by atoms with Crippen LogP contribution in [0.2, 0.25) is 0 Å². The largest absolute Gasteiger partial charge is 0.298 e. The first-order chi connectivity index (χ1) is 18.5. The molecule has 0 amide bonds. The Bertz CT molecular complexity index is 1660. The van der Waals surface area contributed by atoms with E-state index in [-0.39, 0.29) is 10.8 Å². The number of carbonyl (C=O) groups is 1. The summed E-state index contributed by atoms with van der Waals surface area (Å²) in [5.41, 5.74) is 10.6. The molecule has 0 aliphatic carbocycles. The Kier molecular flexibility index (Phi) is 7.02. The number of aromatic nitrogens is 2. The van der Waals surface area contributed by atoms with E-state index < -0.39 is 0 Å². The summed E-state index contributed by atoms with van der Waals surface area (Å²) in [6.07, 6.45) is 0.861. The third-order valence-corrected chi connectivity index (χ3v) is 7.82. The molecule has 0 atom stereocenters. The van der Waals surface area contributed by atoms with E-state index in [4.69, 9.17) is 9.97 Å². The number of hydrogen-bond donors (Lipinski definition) is 0. The molecule has 0 N–H and O–H groups in total. The fourth-order valence-electron chi connectivity index (χ4n) is 4.74. The molecule has 0 aliphatic heterocycles. The zero-order chi connectivity index (χ0) is 27.9. The van der Waals surface area contributed by atoms with Gasteiger partial charge < -0.3 is 0 Å². The van der Waals surface area contributed by atoms with Crippen LogP contribution in [0.3, 0.4) is 0 Å². The van der Waals surface area contributed by atoms with E-state index in [0.717, 1.165) is 55.4 Å². The lowest BCUT2D eigenvalue weighted by molar-refractivity contribution is 0.112. The average molecular weight is 578 g/mol. The van der Waals surface area contributed by atoms with E-state index in [0.29, 0.717) is 5.56 Å². The van der Waals surface area contributed by atoms with Crippen LogP contribution >= 0.6 is 15.9 Å². The van der Waals surface area contributed by atoms with Crippen LogP contribution in [-0.4, -0.2) is 16.3 Å². The average Bonchev–Trinajstić information content (AvgIpc) is 2.92. The van der Waals surface area contributed by atoms with Crippen LogP contribution in [0, 0.1) is 0 Å². The maximum Gasteiger partial charge on any atom is 0.150 e. The molecule has 39 heavy (non-hydrogen) atoms. The van der Waals surface area contributed by atoms with Crippen molar-refractivity contribution in [2.75, 3.05) is 0 Å². The van der Waals surface area contributed by atoms with E-state index in [1.807, 2.05) is 30.3 Å². The first-order valence-electron chi connectivity index (χ1n) is 13.2. The normalized spacial score (nSPS) is 12.1. The van der Waals surface area contributed by atoms with E-state index in [1.54, 1.807) is 0 Å². The number of carbonyl (C=O) groups excluding carboxylic acids is 1.